The second kappa shape index (κ2) is 9.41. The zero-order valence-electron chi connectivity index (χ0n) is 14.8. The highest BCUT2D eigenvalue weighted by atomic mass is 127. The molecule has 0 saturated carbocycles. The van der Waals surface area contributed by atoms with Crippen LogP contribution in [0.3, 0.4) is 0 Å². The quantitative estimate of drug-likeness (QED) is 0.414. The summed E-state index contributed by atoms with van der Waals surface area (Å²) in [6.07, 6.45) is 1.70. The fourth-order valence-electron chi connectivity index (χ4n) is 2.71. The van der Waals surface area contributed by atoms with Gasteiger partial charge in [-0.1, -0.05) is 6.92 Å². The van der Waals surface area contributed by atoms with Crippen LogP contribution in [0.2, 0.25) is 0 Å². The fourth-order valence-corrected chi connectivity index (χ4v) is 2.71. The zero-order valence-corrected chi connectivity index (χ0v) is 17.1. The Labute approximate surface area is 156 Å². The normalized spacial score (nSPS) is 22.3. The molecule has 2 heterocycles. The second-order valence-electron chi connectivity index (χ2n) is 6.33. The predicted octanol–water partition coefficient (Wildman–Crippen LogP) is 1.22. The molecule has 2 unspecified atom stereocenters. The second-order valence-corrected chi connectivity index (χ2v) is 6.33. The maximum absolute atomic E-state index is 4.64. The molecule has 0 aromatic carbocycles. The molecule has 0 bridgehead atoms. The molecule has 0 spiro atoms. The lowest BCUT2D eigenvalue weighted by atomic mass is 10.1. The van der Waals surface area contributed by atoms with Crippen LogP contribution in [0.1, 0.15) is 33.5 Å². The number of hydrogen-bond donors (Lipinski definition) is 2. The Morgan fingerprint density at radius 1 is 1.43 bits per heavy atom. The maximum Gasteiger partial charge on any atom is 0.191 e. The molecule has 0 aliphatic carbocycles. The largest absolute Gasteiger partial charge is 0.357 e. The first-order valence-corrected chi connectivity index (χ1v) is 8.13. The Balaban J connectivity index is 0.00000264. The molecular weight excluding hydrogens is 405 g/mol. The van der Waals surface area contributed by atoms with Gasteiger partial charge in [0.2, 0.25) is 0 Å². The van der Waals surface area contributed by atoms with Crippen molar-refractivity contribution in [2.75, 3.05) is 19.6 Å². The van der Waals surface area contributed by atoms with Gasteiger partial charge >= 0.3 is 0 Å². The third kappa shape index (κ3) is 5.59. The van der Waals surface area contributed by atoms with Crippen molar-refractivity contribution >= 4 is 29.9 Å². The molecule has 2 atom stereocenters. The van der Waals surface area contributed by atoms with E-state index in [-0.39, 0.29) is 24.0 Å². The van der Waals surface area contributed by atoms with Crippen molar-refractivity contribution in [1.82, 2.24) is 30.3 Å². The molecule has 7 nitrogen and oxygen atoms in total. The van der Waals surface area contributed by atoms with Crippen molar-refractivity contribution in [3.05, 3.63) is 12.2 Å². The first-order valence-electron chi connectivity index (χ1n) is 8.13. The van der Waals surface area contributed by atoms with E-state index in [0.29, 0.717) is 24.5 Å². The van der Waals surface area contributed by atoms with Gasteiger partial charge in [0.1, 0.15) is 12.9 Å². The van der Waals surface area contributed by atoms with E-state index in [2.05, 4.69) is 58.4 Å². The number of hydrogen-bond acceptors (Lipinski definition) is 4. The highest BCUT2D eigenvalue weighted by Gasteiger charge is 2.31. The number of nitrogens with one attached hydrogen (secondary N) is 2. The molecule has 1 aromatic rings. The number of nitrogens with zero attached hydrogens (tertiary/aromatic N) is 5. The number of rotatable bonds is 5. The summed E-state index contributed by atoms with van der Waals surface area (Å²) in [7, 11) is 1.94. The molecule has 2 rings (SSSR count). The summed E-state index contributed by atoms with van der Waals surface area (Å²) in [5.41, 5.74) is 0. The van der Waals surface area contributed by atoms with Gasteiger partial charge in [-0.05, 0) is 26.7 Å². The minimum atomic E-state index is 0. The number of guanidine groups is 1. The number of aromatic nitrogens is 3. The first-order chi connectivity index (χ1) is 10.5. The van der Waals surface area contributed by atoms with Crippen LogP contribution in [0.5, 0.6) is 0 Å². The number of aliphatic imine (C=N–C) groups is 1. The minimum absolute atomic E-state index is 0. The molecular formula is C15H30IN7. The van der Waals surface area contributed by atoms with Gasteiger partial charge in [0.15, 0.2) is 11.8 Å². The van der Waals surface area contributed by atoms with Crippen molar-refractivity contribution in [2.24, 2.45) is 18.0 Å². The first kappa shape index (κ1) is 20.1. The third-order valence-electron chi connectivity index (χ3n) is 4.22. The molecule has 23 heavy (non-hydrogen) atoms. The van der Waals surface area contributed by atoms with E-state index in [0.717, 1.165) is 31.4 Å². The van der Waals surface area contributed by atoms with E-state index >= 15 is 0 Å². The van der Waals surface area contributed by atoms with Gasteiger partial charge < -0.3 is 15.2 Å². The zero-order chi connectivity index (χ0) is 16.1. The fraction of sp³-hybridized carbons (Fsp3) is 0.800. The Hall–Kier alpha value is -0.900. The van der Waals surface area contributed by atoms with Gasteiger partial charge in [0.05, 0.1) is 0 Å². The van der Waals surface area contributed by atoms with Crippen molar-refractivity contribution in [3.8, 4) is 0 Å². The minimum Gasteiger partial charge on any atom is -0.357 e. The van der Waals surface area contributed by atoms with Crippen molar-refractivity contribution in [2.45, 2.75) is 46.3 Å². The van der Waals surface area contributed by atoms with E-state index in [4.69, 9.17) is 0 Å². The highest BCUT2D eigenvalue weighted by molar-refractivity contribution is 14.0. The smallest absolute Gasteiger partial charge is 0.191 e. The van der Waals surface area contributed by atoms with Gasteiger partial charge in [0, 0.05) is 38.8 Å². The van der Waals surface area contributed by atoms with Gasteiger partial charge in [0.25, 0.3) is 0 Å². The van der Waals surface area contributed by atoms with Crippen LogP contribution < -0.4 is 10.6 Å². The van der Waals surface area contributed by atoms with Crippen LogP contribution in [0, 0.1) is 5.92 Å². The maximum atomic E-state index is 4.64. The predicted molar refractivity (Wildman–Crippen MR) is 104 cm³/mol. The summed E-state index contributed by atoms with van der Waals surface area (Å²) in [6.45, 7) is 12.5. The van der Waals surface area contributed by atoms with Gasteiger partial charge in [-0.2, -0.15) is 0 Å². The Kier molecular flexibility index (Phi) is 8.24. The van der Waals surface area contributed by atoms with Crippen LogP contribution in [0.15, 0.2) is 11.3 Å². The SMILES string of the molecule is CCNC(=NCc1nncn1C)NC1CN(C(C)C)CC1C.I. The van der Waals surface area contributed by atoms with Crippen LogP contribution in [-0.2, 0) is 13.6 Å². The number of likely N-dealkylation sites (tertiary alicyclic amines) is 1. The summed E-state index contributed by atoms with van der Waals surface area (Å²) in [5, 5.41) is 14.9. The van der Waals surface area contributed by atoms with E-state index in [1.54, 1.807) is 6.33 Å². The molecule has 1 aliphatic rings. The van der Waals surface area contributed by atoms with Crippen LogP contribution in [0.25, 0.3) is 0 Å². The molecule has 1 saturated heterocycles. The summed E-state index contributed by atoms with van der Waals surface area (Å²) in [6, 6.07) is 1.02. The highest BCUT2D eigenvalue weighted by Crippen LogP contribution is 2.18. The summed E-state index contributed by atoms with van der Waals surface area (Å²) in [5.74, 6) is 2.33. The average Bonchev–Trinajstić information content (AvgIpc) is 3.03. The lowest BCUT2D eigenvalue weighted by molar-refractivity contribution is 0.265. The average molecular weight is 435 g/mol. The molecule has 0 amide bonds. The summed E-state index contributed by atoms with van der Waals surface area (Å²) >= 11 is 0. The Morgan fingerprint density at radius 2 is 2.17 bits per heavy atom. The number of aryl methyl sites for hydroxylation is 1. The molecule has 1 fully saturated rings. The lowest BCUT2D eigenvalue weighted by Crippen LogP contribution is -2.46. The topological polar surface area (TPSA) is 70.4 Å². The van der Waals surface area contributed by atoms with E-state index in [1.165, 1.54) is 0 Å². The Morgan fingerprint density at radius 3 is 2.70 bits per heavy atom. The molecule has 2 N–H and O–H groups in total. The monoisotopic (exact) mass is 435 g/mol. The molecule has 8 heteroatoms. The molecule has 132 valence electrons. The lowest BCUT2D eigenvalue weighted by Gasteiger charge is -2.21. The number of halogens is 1. The van der Waals surface area contributed by atoms with Crippen LogP contribution in [0.4, 0.5) is 0 Å². The van der Waals surface area contributed by atoms with E-state index in [1.807, 2.05) is 11.6 Å². The van der Waals surface area contributed by atoms with Crippen molar-refractivity contribution in [1.29, 1.82) is 0 Å². The molecule has 1 aromatic heterocycles. The van der Waals surface area contributed by atoms with Crippen LogP contribution >= 0.6 is 24.0 Å². The third-order valence-corrected chi connectivity index (χ3v) is 4.22. The van der Waals surface area contributed by atoms with E-state index in [9.17, 15) is 0 Å². The van der Waals surface area contributed by atoms with Gasteiger partial charge in [-0.25, -0.2) is 4.99 Å². The van der Waals surface area contributed by atoms with Crippen molar-refractivity contribution < 1.29 is 0 Å². The molecule has 1 aliphatic heterocycles. The van der Waals surface area contributed by atoms with Gasteiger partial charge in [-0.3, -0.25) is 4.90 Å². The Bertz CT molecular complexity index is 500. The van der Waals surface area contributed by atoms with Gasteiger partial charge in [-0.15, -0.1) is 34.2 Å². The summed E-state index contributed by atoms with van der Waals surface area (Å²) < 4.78 is 1.89. The standard InChI is InChI=1S/C15H29N7.HI/c1-6-16-15(17-7-14-20-18-10-21(14)5)19-13-9-22(11(2)3)8-12(13)4;/h10-13H,6-9H2,1-5H3,(H2,16,17,19);1H. The van der Waals surface area contributed by atoms with Crippen molar-refractivity contribution in [3.63, 3.8) is 0 Å². The van der Waals surface area contributed by atoms with E-state index < -0.39 is 0 Å². The van der Waals surface area contributed by atoms with Crippen LogP contribution in [-0.4, -0.2) is 57.3 Å². The summed E-state index contributed by atoms with van der Waals surface area (Å²) in [4.78, 5) is 7.15. The molecule has 0 radical (unpaired) electrons.